The molecule has 0 atom stereocenters. The highest BCUT2D eigenvalue weighted by atomic mass is 32.1. The van der Waals surface area contributed by atoms with Crippen molar-refractivity contribution in [2.24, 2.45) is 0 Å². The molecule has 1 aromatic carbocycles. The average Bonchev–Trinajstić information content (AvgIpc) is 3.24. The van der Waals surface area contributed by atoms with Crippen molar-refractivity contribution in [1.82, 2.24) is 4.90 Å². The first kappa shape index (κ1) is 15.0. The molecule has 0 saturated heterocycles. The fourth-order valence-electron chi connectivity index (χ4n) is 2.99. The van der Waals surface area contributed by atoms with E-state index in [4.69, 9.17) is 9.15 Å². The van der Waals surface area contributed by atoms with Crippen molar-refractivity contribution in [2.45, 2.75) is 13.0 Å². The van der Waals surface area contributed by atoms with E-state index in [1.165, 1.54) is 10.4 Å². The minimum absolute atomic E-state index is 0.0132. The van der Waals surface area contributed by atoms with E-state index in [1.807, 2.05) is 29.2 Å². The Hall–Kier alpha value is -2.53. The lowest BCUT2D eigenvalue weighted by molar-refractivity contribution is -0.126. The van der Waals surface area contributed by atoms with Gasteiger partial charge in [0.15, 0.2) is 11.3 Å². The van der Waals surface area contributed by atoms with Gasteiger partial charge in [0, 0.05) is 29.4 Å². The van der Waals surface area contributed by atoms with Crippen molar-refractivity contribution in [1.29, 1.82) is 0 Å². The fraction of sp³-hybridized carbons (Fsp3) is 0.211. The number of furan rings is 1. The standard InChI is InChI=1S/C19H17NO3S/c1-22-16-4-2-3-13-11-15(23-19(13)16)5-6-18(21)20-9-7-17-14(12-20)8-10-24-17/h2-6,8,10-11H,7,9,12H2,1H3. The minimum atomic E-state index is 0.0132. The van der Waals surface area contributed by atoms with E-state index in [0.717, 1.165) is 18.4 Å². The van der Waals surface area contributed by atoms with Gasteiger partial charge in [-0.3, -0.25) is 4.79 Å². The second kappa shape index (κ2) is 6.17. The summed E-state index contributed by atoms with van der Waals surface area (Å²) < 4.78 is 11.1. The third-order valence-corrected chi connectivity index (χ3v) is 5.28. The first-order valence-electron chi connectivity index (χ1n) is 7.83. The van der Waals surface area contributed by atoms with E-state index in [1.54, 1.807) is 30.6 Å². The van der Waals surface area contributed by atoms with Crippen LogP contribution < -0.4 is 4.74 Å². The van der Waals surface area contributed by atoms with Crippen LogP contribution in [0.15, 0.2) is 46.2 Å². The van der Waals surface area contributed by atoms with Crippen LogP contribution in [0, 0.1) is 0 Å². The summed E-state index contributed by atoms with van der Waals surface area (Å²) in [6.07, 6.45) is 4.25. The second-order valence-corrected chi connectivity index (χ2v) is 6.74. The fourth-order valence-corrected chi connectivity index (χ4v) is 3.88. The molecule has 4 rings (SSSR count). The number of carbonyl (C=O) groups is 1. The highest BCUT2D eigenvalue weighted by Gasteiger charge is 2.19. The molecule has 3 heterocycles. The molecular weight excluding hydrogens is 322 g/mol. The van der Waals surface area contributed by atoms with Crippen LogP contribution in [0.5, 0.6) is 5.75 Å². The monoisotopic (exact) mass is 339 g/mol. The van der Waals surface area contributed by atoms with Gasteiger partial charge in [0.05, 0.1) is 7.11 Å². The number of amides is 1. The second-order valence-electron chi connectivity index (χ2n) is 5.74. The average molecular weight is 339 g/mol. The molecule has 0 N–H and O–H groups in total. The third-order valence-electron chi connectivity index (χ3n) is 4.26. The largest absolute Gasteiger partial charge is 0.493 e. The maximum Gasteiger partial charge on any atom is 0.247 e. The molecule has 1 amide bonds. The van der Waals surface area contributed by atoms with Gasteiger partial charge in [-0.2, -0.15) is 0 Å². The van der Waals surface area contributed by atoms with Gasteiger partial charge in [-0.05, 0) is 41.6 Å². The molecule has 2 aromatic heterocycles. The predicted molar refractivity (Wildman–Crippen MR) is 95.2 cm³/mol. The molecule has 5 heteroatoms. The van der Waals surface area contributed by atoms with Crippen molar-refractivity contribution in [2.75, 3.05) is 13.7 Å². The van der Waals surface area contributed by atoms with Crippen molar-refractivity contribution in [3.8, 4) is 5.75 Å². The molecule has 0 fully saturated rings. The van der Waals surface area contributed by atoms with Gasteiger partial charge in [-0.25, -0.2) is 0 Å². The zero-order valence-electron chi connectivity index (χ0n) is 13.3. The summed E-state index contributed by atoms with van der Waals surface area (Å²) in [6, 6.07) is 9.75. The Morgan fingerprint density at radius 1 is 1.38 bits per heavy atom. The van der Waals surface area contributed by atoms with Gasteiger partial charge >= 0.3 is 0 Å². The van der Waals surface area contributed by atoms with Crippen LogP contribution in [0.2, 0.25) is 0 Å². The summed E-state index contributed by atoms with van der Waals surface area (Å²) in [5, 5.41) is 3.05. The van der Waals surface area contributed by atoms with Gasteiger partial charge in [-0.1, -0.05) is 12.1 Å². The number of rotatable bonds is 3. The summed E-state index contributed by atoms with van der Waals surface area (Å²) >= 11 is 1.77. The molecule has 0 radical (unpaired) electrons. The predicted octanol–water partition coefficient (Wildman–Crippen LogP) is 4.10. The highest BCUT2D eigenvalue weighted by molar-refractivity contribution is 7.10. The van der Waals surface area contributed by atoms with Crippen LogP contribution in [0.3, 0.4) is 0 Å². The first-order chi connectivity index (χ1) is 11.7. The zero-order valence-corrected chi connectivity index (χ0v) is 14.1. The van der Waals surface area contributed by atoms with E-state index >= 15 is 0 Å². The molecular formula is C19H17NO3S. The van der Waals surface area contributed by atoms with E-state index in [9.17, 15) is 4.79 Å². The molecule has 0 aliphatic carbocycles. The number of nitrogens with zero attached hydrogens (tertiary/aromatic N) is 1. The number of methoxy groups -OCH3 is 1. The smallest absolute Gasteiger partial charge is 0.247 e. The van der Waals surface area contributed by atoms with Crippen LogP contribution in [0.25, 0.3) is 17.0 Å². The lowest BCUT2D eigenvalue weighted by Crippen LogP contribution is -2.34. The van der Waals surface area contributed by atoms with Crippen LogP contribution in [-0.2, 0) is 17.8 Å². The van der Waals surface area contributed by atoms with Gasteiger partial charge in [0.1, 0.15) is 5.76 Å². The quantitative estimate of drug-likeness (QED) is 0.675. The molecule has 122 valence electrons. The van der Waals surface area contributed by atoms with E-state index in [-0.39, 0.29) is 5.91 Å². The molecule has 0 unspecified atom stereocenters. The SMILES string of the molecule is COc1cccc2cc(C=CC(=O)N3CCc4sccc4C3)oc12. The Balaban J connectivity index is 1.52. The Morgan fingerprint density at radius 2 is 2.29 bits per heavy atom. The van der Waals surface area contributed by atoms with Crippen molar-refractivity contribution in [3.63, 3.8) is 0 Å². The molecule has 3 aromatic rings. The summed E-state index contributed by atoms with van der Waals surface area (Å²) in [4.78, 5) is 15.7. The number of carbonyl (C=O) groups excluding carboxylic acids is 1. The maximum atomic E-state index is 12.4. The minimum Gasteiger partial charge on any atom is -0.493 e. The van der Waals surface area contributed by atoms with Crippen LogP contribution in [-0.4, -0.2) is 24.5 Å². The molecule has 0 spiro atoms. The first-order valence-corrected chi connectivity index (χ1v) is 8.71. The number of para-hydroxylation sites is 1. The van der Waals surface area contributed by atoms with Gasteiger partial charge in [0.25, 0.3) is 0 Å². The Kier molecular flexibility index (Phi) is 3.86. The topological polar surface area (TPSA) is 42.7 Å². The summed E-state index contributed by atoms with van der Waals surface area (Å²) in [6.45, 7) is 1.46. The molecule has 4 nitrogen and oxygen atoms in total. The molecule has 1 aliphatic heterocycles. The molecule has 0 bridgehead atoms. The van der Waals surface area contributed by atoms with Gasteiger partial charge in [0.2, 0.25) is 5.91 Å². The lowest BCUT2D eigenvalue weighted by Gasteiger charge is -2.25. The van der Waals surface area contributed by atoms with Crippen molar-refractivity contribution >= 4 is 34.3 Å². The Bertz CT molecular complexity index is 922. The number of fused-ring (bicyclic) bond motifs is 2. The van der Waals surface area contributed by atoms with E-state index < -0.39 is 0 Å². The number of benzene rings is 1. The summed E-state index contributed by atoms with van der Waals surface area (Å²) in [7, 11) is 1.62. The van der Waals surface area contributed by atoms with E-state index in [2.05, 4.69) is 11.4 Å². The lowest BCUT2D eigenvalue weighted by atomic mass is 10.1. The number of hydrogen-bond donors (Lipinski definition) is 0. The van der Waals surface area contributed by atoms with Crippen LogP contribution in [0.4, 0.5) is 0 Å². The van der Waals surface area contributed by atoms with E-state index in [0.29, 0.717) is 23.6 Å². The third kappa shape index (κ3) is 2.71. The summed E-state index contributed by atoms with van der Waals surface area (Å²) in [5.41, 5.74) is 1.97. The molecule has 0 saturated carbocycles. The summed E-state index contributed by atoms with van der Waals surface area (Å²) in [5.74, 6) is 1.36. The number of thiophene rings is 1. The van der Waals surface area contributed by atoms with Crippen LogP contribution >= 0.6 is 11.3 Å². The number of hydrogen-bond acceptors (Lipinski definition) is 4. The van der Waals surface area contributed by atoms with Crippen molar-refractivity contribution in [3.05, 3.63) is 58.0 Å². The highest BCUT2D eigenvalue weighted by Crippen LogP contribution is 2.29. The maximum absolute atomic E-state index is 12.4. The van der Waals surface area contributed by atoms with Gasteiger partial charge in [-0.15, -0.1) is 11.3 Å². The number of ether oxygens (including phenoxy) is 1. The molecule has 24 heavy (non-hydrogen) atoms. The van der Waals surface area contributed by atoms with Crippen LogP contribution in [0.1, 0.15) is 16.2 Å². The Morgan fingerprint density at radius 3 is 3.17 bits per heavy atom. The van der Waals surface area contributed by atoms with Gasteiger partial charge < -0.3 is 14.1 Å². The molecule has 1 aliphatic rings. The Labute approximate surface area is 143 Å². The normalized spacial score (nSPS) is 14.3. The zero-order chi connectivity index (χ0) is 16.5. The van der Waals surface area contributed by atoms with Crippen molar-refractivity contribution < 1.29 is 13.9 Å².